The zero-order valence-electron chi connectivity index (χ0n) is 13.8. The lowest BCUT2D eigenvalue weighted by atomic mass is 10.2. The van der Waals surface area contributed by atoms with Gasteiger partial charge in [0.25, 0.3) is 5.91 Å². The molecule has 0 saturated carbocycles. The summed E-state index contributed by atoms with van der Waals surface area (Å²) in [6.07, 6.45) is 3.24. The highest BCUT2D eigenvalue weighted by atomic mass is 16.5. The van der Waals surface area contributed by atoms with Gasteiger partial charge in [-0.2, -0.15) is 0 Å². The van der Waals surface area contributed by atoms with E-state index in [0.717, 1.165) is 10.9 Å². The highest BCUT2D eigenvalue weighted by Crippen LogP contribution is 2.17. The molecule has 25 heavy (non-hydrogen) atoms. The fraction of sp³-hybridized carbons (Fsp3) is 0.176. The molecule has 0 aliphatic carbocycles. The molecule has 3 aromatic rings. The minimum absolute atomic E-state index is 0.165. The summed E-state index contributed by atoms with van der Waals surface area (Å²) in [6, 6.07) is 9.15. The van der Waals surface area contributed by atoms with Crippen molar-refractivity contribution in [2.75, 3.05) is 19.0 Å². The van der Waals surface area contributed by atoms with Gasteiger partial charge in [-0.3, -0.25) is 19.3 Å². The van der Waals surface area contributed by atoms with Crippen LogP contribution in [-0.4, -0.2) is 40.2 Å². The molecule has 0 aliphatic rings. The molecule has 0 atom stereocenters. The Hall–Kier alpha value is -3.42. The van der Waals surface area contributed by atoms with Crippen molar-refractivity contribution in [2.45, 2.75) is 0 Å². The number of methoxy groups -OCH3 is 1. The van der Waals surface area contributed by atoms with E-state index in [-0.39, 0.29) is 23.9 Å². The molecule has 3 rings (SSSR count). The number of nitrogens with zero attached hydrogens (tertiary/aromatic N) is 3. The smallest absolute Gasteiger partial charge is 0.258 e. The maximum atomic E-state index is 12.1. The zero-order chi connectivity index (χ0) is 17.8. The van der Waals surface area contributed by atoms with Crippen LogP contribution in [0, 0.1) is 0 Å². The summed E-state index contributed by atoms with van der Waals surface area (Å²) in [5.41, 5.74) is 1.76. The summed E-state index contributed by atoms with van der Waals surface area (Å²) in [4.78, 5) is 28.4. The lowest BCUT2D eigenvalue weighted by molar-refractivity contribution is -0.115. The Kier molecular flexibility index (Phi) is 4.60. The number of ether oxygens (including phenoxy) is 1. The Morgan fingerprint density at radius 3 is 2.92 bits per heavy atom. The molecule has 128 valence electrons. The number of aryl methyl sites for hydroxylation is 1. The van der Waals surface area contributed by atoms with E-state index in [1.165, 1.54) is 18.0 Å². The van der Waals surface area contributed by atoms with Crippen molar-refractivity contribution in [3.05, 3.63) is 48.3 Å². The molecular formula is C17H17N5O3. The van der Waals surface area contributed by atoms with E-state index in [0.29, 0.717) is 5.69 Å². The number of amides is 2. The van der Waals surface area contributed by atoms with Gasteiger partial charge in [-0.05, 0) is 24.3 Å². The zero-order valence-corrected chi connectivity index (χ0v) is 13.8. The number of anilines is 1. The van der Waals surface area contributed by atoms with Crippen molar-refractivity contribution in [1.29, 1.82) is 0 Å². The summed E-state index contributed by atoms with van der Waals surface area (Å²) >= 11 is 0. The second-order valence-corrected chi connectivity index (χ2v) is 5.37. The van der Waals surface area contributed by atoms with Crippen LogP contribution in [0.15, 0.2) is 42.7 Å². The van der Waals surface area contributed by atoms with E-state index in [1.807, 2.05) is 24.3 Å². The number of rotatable bonds is 5. The first-order chi connectivity index (χ1) is 12.1. The van der Waals surface area contributed by atoms with E-state index in [9.17, 15) is 9.59 Å². The third kappa shape index (κ3) is 3.74. The molecule has 0 unspecified atom stereocenters. The fourth-order valence-corrected chi connectivity index (χ4v) is 2.39. The van der Waals surface area contributed by atoms with Crippen molar-refractivity contribution >= 4 is 28.4 Å². The normalized spacial score (nSPS) is 10.5. The van der Waals surface area contributed by atoms with E-state index in [1.54, 1.807) is 19.3 Å². The number of benzene rings is 1. The maximum absolute atomic E-state index is 12.1. The molecule has 2 N–H and O–H groups in total. The van der Waals surface area contributed by atoms with Gasteiger partial charge in [0.15, 0.2) is 0 Å². The molecule has 0 saturated heterocycles. The first-order valence-corrected chi connectivity index (χ1v) is 7.57. The van der Waals surface area contributed by atoms with Crippen LogP contribution in [0.25, 0.3) is 10.9 Å². The maximum Gasteiger partial charge on any atom is 0.258 e. The van der Waals surface area contributed by atoms with Gasteiger partial charge in [0, 0.05) is 30.5 Å². The average molecular weight is 339 g/mol. The SMILES string of the molecule is COc1nn(C)cc1C(=O)NCC(=O)Nc1ccc2ncccc2c1. The molecule has 8 heteroatoms. The second kappa shape index (κ2) is 7.00. The average Bonchev–Trinajstić information content (AvgIpc) is 3.00. The van der Waals surface area contributed by atoms with Crippen LogP contribution >= 0.6 is 0 Å². The quantitative estimate of drug-likeness (QED) is 0.731. The molecule has 0 fully saturated rings. The Morgan fingerprint density at radius 2 is 2.12 bits per heavy atom. The number of nitrogens with one attached hydrogen (secondary N) is 2. The summed E-state index contributed by atoms with van der Waals surface area (Å²) in [6.45, 7) is -0.165. The number of carbonyl (C=O) groups excluding carboxylic acids is 2. The monoisotopic (exact) mass is 339 g/mol. The summed E-state index contributed by atoms with van der Waals surface area (Å²) in [7, 11) is 3.11. The molecule has 8 nitrogen and oxygen atoms in total. The molecule has 0 bridgehead atoms. The number of fused-ring (bicyclic) bond motifs is 1. The minimum Gasteiger partial charge on any atom is -0.479 e. The van der Waals surface area contributed by atoms with Gasteiger partial charge >= 0.3 is 0 Å². The molecule has 2 amide bonds. The van der Waals surface area contributed by atoms with Crippen molar-refractivity contribution in [2.24, 2.45) is 7.05 Å². The lowest BCUT2D eigenvalue weighted by Crippen LogP contribution is -2.32. The Balaban J connectivity index is 1.61. The lowest BCUT2D eigenvalue weighted by Gasteiger charge is -2.07. The van der Waals surface area contributed by atoms with Crippen LogP contribution in [0.3, 0.4) is 0 Å². The van der Waals surface area contributed by atoms with Gasteiger partial charge < -0.3 is 15.4 Å². The molecule has 2 heterocycles. The van der Waals surface area contributed by atoms with Crippen LogP contribution in [-0.2, 0) is 11.8 Å². The van der Waals surface area contributed by atoms with Gasteiger partial charge in [0.1, 0.15) is 5.56 Å². The van der Waals surface area contributed by atoms with E-state index in [4.69, 9.17) is 4.74 Å². The highest BCUT2D eigenvalue weighted by Gasteiger charge is 2.17. The van der Waals surface area contributed by atoms with Gasteiger partial charge in [-0.1, -0.05) is 6.07 Å². The van der Waals surface area contributed by atoms with Gasteiger partial charge in [-0.25, -0.2) is 0 Å². The third-order valence-corrected chi connectivity index (χ3v) is 3.53. The molecule has 0 aliphatic heterocycles. The van der Waals surface area contributed by atoms with E-state index >= 15 is 0 Å². The number of carbonyl (C=O) groups is 2. The first kappa shape index (κ1) is 16.4. The second-order valence-electron chi connectivity index (χ2n) is 5.37. The number of pyridine rings is 1. The van der Waals surface area contributed by atoms with Crippen LogP contribution in [0.5, 0.6) is 5.88 Å². The summed E-state index contributed by atoms with van der Waals surface area (Å²) < 4.78 is 6.50. The highest BCUT2D eigenvalue weighted by molar-refractivity contribution is 6.01. The van der Waals surface area contributed by atoms with Gasteiger partial charge in [0.05, 0.1) is 19.2 Å². The van der Waals surface area contributed by atoms with Crippen LogP contribution in [0.1, 0.15) is 10.4 Å². The molecule has 2 aromatic heterocycles. The standard InChI is InChI=1S/C17H17N5O3/c1-22-10-13(17(21-22)25-2)16(24)19-9-15(23)20-12-5-6-14-11(8-12)4-3-7-18-14/h3-8,10H,9H2,1-2H3,(H,19,24)(H,20,23). The molecule has 0 spiro atoms. The summed E-state index contributed by atoms with van der Waals surface area (Å²) in [5.74, 6) is -0.551. The third-order valence-electron chi connectivity index (χ3n) is 3.53. The van der Waals surface area contributed by atoms with Crippen molar-refractivity contribution in [3.8, 4) is 5.88 Å². The predicted octanol–water partition coefficient (Wildman–Crippen LogP) is 1.35. The molecule has 1 aromatic carbocycles. The molecule has 0 radical (unpaired) electrons. The van der Waals surface area contributed by atoms with Crippen LogP contribution in [0.2, 0.25) is 0 Å². The first-order valence-electron chi connectivity index (χ1n) is 7.57. The fourth-order valence-electron chi connectivity index (χ4n) is 2.39. The van der Waals surface area contributed by atoms with Gasteiger partial charge in [0.2, 0.25) is 11.8 Å². The predicted molar refractivity (Wildman–Crippen MR) is 92.5 cm³/mol. The topological polar surface area (TPSA) is 98.1 Å². The van der Waals surface area contributed by atoms with Gasteiger partial charge in [-0.15, -0.1) is 5.10 Å². The van der Waals surface area contributed by atoms with Crippen molar-refractivity contribution < 1.29 is 14.3 Å². The number of hydrogen-bond acceptors (Lipinski definition) is 5. The Labute approximate surface area is 143 Å². The number of hydrogen-bond donors (Lipinski definition) is 2. The van der Waals surface area contributed by atoms with Crippen molar-refractivity contribution in [3.63, 3.8) is 0 Å². The minimum atomic E-state index is -0.428. The Morgan fingerprint density at radius 1 is 1.28 bits per heavy atom. The number of aromatic nitrogens is 3. The van der Waals surface area contributed by atoms with E-state index < -0.39 is 5.91 Å². The van der Waals surface area contributed by atoms with Crippen LogP contribution in [0.4, 0.5) is 5.69 Å². The Bertz CT molecular complexity index is 935. The molecular weight excluding hydrogens is 322 g/mol. The van der Waals surface area contributed by atoms with E-state index in [2.05, 4.69) is 20.7 Å². The summed E-state index contributed by atoms with van der Waals surface area (Å²) in [5, 5.41) is 10.2. The van der Waals surface area contributed by atoms with Crippen LogP contribution < -0.4 is 15.4 Å². The van der Waals surface area contributed by atoms with Crippen molar-refractivity contribution in [1.82, 2.24) is 20.1 Å². The largest absolute Gasteiger partial charge is 0.479 e.